The molecule has 0 bridgehead atoms. The number of carbonyl (C=O) groups is 1. The van der Waals surface area contributed by atoms with Gasteiger partial charge in [-0.1, -0.05) is 78.1 Å². The van der Waals surface area contributed by atoms with E-state index in [2.05, 4.69) is 28.0 Å². The van der Waals surface area contributed by atoms with Crippen molar-refractivity contribution in [2.24, 2.45) is 10.9 Å². The molecule has 0 radical (unpaired) electrons. The number of allylic oxidation sites excluding steroid dienone is 1. The number of hydrazine groups is 1. The molecule has 34 heavy (non-hydrogen) atoms. The summed E-state index contributed by atoms with van der Waals surface area (Å²) >= 11 is 1.36. The van der Waals surface area contributed by atoms with Gasteiger partial charge in [-0.05, 0) is 25.0 Å². The summed E-state index contributed by atoms with van der Waals surface area (Å²) in [5.41, 5.74) is 9.38. The molecule has 1 saturated heterocycles. The summed E-state index contributed by atoms with van der Waals surface area (Å²) in [6.07, 6.45) is 2.03. The minimum absolute atomic E-state index is 0.0570. The van der Waals surface area contributed by atoms with Crippen molar-refractivity contribution in [1.29, 1.82) is 0 Å². The lowest BCUT2D eigenvalue weighted by Gasteiger charge is -2.24. The number of hydrogen-bond acceptors (Lipinski definition) is 7. The van der Waals surface area contributed by atoms with Crippen LogP contribution in [0.4, 0.5) is 0 Å². The van der Waals surface area contributed by atoms with Crippen molar-refractivity contribution in [1.82, 2.24) is 15.4 Å². The standard InChI is InChI=1S/C26H26N4O3S/c1-3-33-25(32)21-16(2)28-26-30(23(21)18-12-8-5-9-13-18)24(31)20(34-26)14-19-15-27-29-22(19)17-10-6-4-7-11-17/h4-14,19,22-23,27,29H,3,15H2,1-2H3/b20-14-. The van der Waals surface area contributed by atoms with Gasteiger partial charge in [0.1, 0.15) is 0 Å². The number of nitrogens with one attached hydrogen (secondary N) is 2. The largest absolute Gasteiger partial charge is 0.463 e. The number of thiazole rings is 1. The van der Waals surface area contributed by atoms with Gasteiger partial charge < -0.3 is 4.74 Å². The number of aromatic nitrogens is 1. The Balaban J connectivity index is 1.63. The lowest BCUT2D eigenvalue weighted by Crippen LogP contribution is -2.40. The van der Waals surface area contributed by atoms with Crippen LogP contribution in [0.2, 0.25) is 0 Å². The average Bonchev–Trinajstić information content (AvgIpc) is 3.44. The molecule has 2 aliphatic heterocycles. The molecule has 7 nitrogen and oxygen atoms in total. The Kier molecular flexibility index (Phi) is 6.28. The van der Waals surface area contributed by atoms with E-state index in [1.165, 1.54) is 11.3 Å². The fourth-order valence-corrected chi connectivity index (χ4v) is 5.70. The third kappa shape index (κ3) is 4.04. The molecule has 0 spiro atoms. The van der Waals surface area contributed by atoms with Crippen LogP contribution in [0.15, 0.2) is 81.7 Å². The Labute approximate surface area is 201 Å². The lowest BCUT2D eigenvalue weighted by atomic mass is 9.94. The first-order valence-electron chi connectivity index (χ1n) is 11.4. The second kappa shape index (κ2) is 9.50. The highest BCUT2D eigenvalue weighted by atomic mass is 32.1. The Morgan fingerprint density at radius 3 is 2.50 bits per heavy atom. The van der Waals surface area contributed by atoms with Crippen LogP contribution in [0.1, 0.15) is 37.1 Å². The third-order valence-corrected chi connectivity index (χ3v) is 7.18. The van der Waals surface area contributed by atoms with Gasteiger partial charge in [0.25, 0.3) is 5.56 Å². The Hall–Kier alpha value is -3.33. The van der Waals surface area contributed by atoms with Gasteiger partial charge >= 0.3 is 5.97 Å². The van der Waals surface area contributed by atoms with Crippen molar-refractivity contribution < 1.29 is 9.53 Å². The number of carbonyl (C=O) groups excluding carboxylic acids is 1. The monoisotopic (exact) mass is 474 g/mol. The molecule has 3 heterocycles. The Morgan fingerprint density at radius 2 is 1.82 bits per heavy atom. The van der Waals surface area contributed by atoms with Crippen molar-refractivity contribution in [3.63, 3.8) is 0 Å². The number of hydrogen-bond donors (Lipinski definition) is 2. The van der Waals surface area contributed by atoms with E-state index in [0.717, 1.165) is 11.1 Å². The summed E-state index contributed by atoms with van der Waals surface area (Å²) in [7, 11) is 0. The number of esters is 1. The van der Waals surface area contributed by atoms with E-state index in [1.54, 1.807) is 18.4 Å². The smallest absolute Gasteiger partial charge is 0.338 e. The maximum absolute atomic E-state index is 13.7. The van der Waals surface area contributed by atoms with Gasteiger partial charge in [0.15, 0.2) is 4.80 Å². The van der Waals surface area contributed by atoms with E-state index < -0.39 is 12.0 Å². The van der Waals surface area contributed by atoms with Crippen LogP contribution in [0.25, 0.3) is 6.08 Å². The maximum atomic E-state index is 13.7. The molecule has 0 aliphatic carbocycles. The van der Waals surface area contributed by atoms with E-state index in [0.29, 0.717) is 27.1 Å². The second-order valence-corrected chi connectivity index (χ2v) is 9.32. The van der Waals surface area contributed by atoms with Gasteiger partial charge in [0.2, 0.25) is 0 Å². The fraction of sp³-hybridized carbons (Fsp3) is 0.269. The van der Waals surface area contributed by atoms with Crippen LogP contribution in [-0.2, 0) is 9.53 Å². The van der Waals surface area contributed by atoms with Gasteiger partial charge in [-0.2, -0.15) is 0 Å². The zero-order valence-electron chi connectivity index (χ0n) is 19.0. The molecule has 2 N–H and O–H groups in total. The maximum Gasteiger partial charge on any atom is 0.338 e. The van der Waals surface area contributed by atoms with Gasteiger partial charge in [-0.25, -0.2) is 15.2 Å². The minimum Gasteiger partial charge on any atom is -0.463 e. The molecule has 174 valence electrons. The van der Waals surface area contributed by atoms with E-state index >= 15 is 0 Å². The van der Waals surface area contributed by atoms with Crippen LogP contribution >= 0.6 is 11.3 Å². The molecule has 2 aliphatic rings. The molecule has 3 aromatic rings. The summed E-state index contributed by atoms with van der Waals surface area (Å²) < 4.78 is 7.60. The molecular weight excluding hydrogens is 448 g/mol. The summed E-state index contributed by atoms with van der Waals surface area (Å²) in [6, 6.07) is 19.2. The molecular formula is C26H26N4O3S. The molecule has 2 aromatic carbocycles. The molecule has 0 amide bonds. The summed E-state index contributed by atoms with van der Waals surface area (Å²) in [5, 5.41) is 0. The first kappa shape index (κ1) is 22.5. The Bertz CT molecular complexity index is 1410. The van der Waals surface area contributed by atoms with E-state index in [-0.39, 0.29) is 24.1 Å². The highest BCUT2D eigenvalue weighted by molar-refractivity contribution is 7.07. The van der Waals surface area contributed by atoms with Crippen molar-refractivity contribution in [3.8, 4) is 0 Å². The molecule has 3 atom stereocenters. The molecule has 3 unspecified atom stereocenters. The van der Waals surface area contributed by atoms with Crippen LogP contribution in [0.3, 0.4) is 0 Å². The van der Waals surface area contributed by atoms with Crippen LogP contribution in [0, 0.1) is 5.92 Å². The first-order chi connectivity index (χ1) is 16.6. The van der Waals surface area contributed by atoms with Crippen molar-refractivity contribution >= 4 is 23.4 Å². The highest BCUT2D eigenvalue weighted by Gasteiger charge is 2.34. The topological polar surface area (TPSA) is 84.7 Å². The second-order valence-electron chi connectivity index (χ2n) is 8.31. The molecule has 8 heteroatoms. The normalized spacial score (nSPS) is 22.4. The average molecular weight is 475 g/mol. The van der Waals surface area contributed by atoms with Crippen LogP contribution in [0.5, 0.6) is 0 Å². The minimum atomic E-state index is -0.580. The number of fused-ring (bicyclic) bond motifs is 1. The van der Waals surface area contributed by atoms with E-state index in [1.807, 2.05) is 54.6 Å². The van der Waals surface area contributed by atoms with Gasteiger partial charge in [0.05, 0.1) is 34.5 Å². The number of benzene rings is 2. The predicted molar refractivity (Wildman–Crippen MR) is 132 cm³/mol. The Morgan fingerprint density at radius 1 is 1.15 bits per heavy atom. The predicted octanol–water partition coefficient (Wildman–Crippen LogP) is 2.22. The number of rotatable bonds is 5. The van der Waals surface area contributed by atoms with Gasteiger partial charge in [-0.3, -0.25) is 14.8 Å². The fourth-order valence-electron chi connectivity index (χ4n) is 4.61. The van der Waals surface area contributed by atoms with Crippen molar-refractivity contribution in [3.05, 3.63) is 103 Å². The third-order valence-electron chi connectivity index (χ3n) is 6.18. The first-order valence-corrected chi connectivity index (χ1v) is 12.2. The van der Waals surface area contributed by atoms with Gasteiger partial charge in [-0.15, -0.1) is 0 Å². The van der Waals surface area contributed by atoms with Crippen LogP contribution in [-0.4, -0.2) is 23.7 Å². The molecule has 1 aromatic heterocycles. The van der Waals surface area contributed by atoms with E-state index in [9.17, 15) is 9.59 Å². The zero-order chi connectivity index (χ0) is 23.7. The van der Waals surface area contributed by atoms with E-state index in [4.69, 9.17) is 4.74 Å². The van der Waals surface area contributed by atoms with Crippen molar-refractivity contribution in [2.75, 3.05) is 13.2 Å². The number of ether oxygens (including phenoxy) is 1. The summed E-state index contributed by atoms with van der Waals surface area (Å²) in [4.78, 5) is 31.9. The number of nitrogens with zero attached hydrogens (tertiary/aromatic N) is 2. The lowest BCUT2D eigenvalue weighted by molar-refractivity contribution is -0.139. The van der Waals surface area contributed by atoms with Crippen molar-refractivity contribution in [2.45, 2.75) is 25.9 Å². The van der Waals surface area contributed by atoms with Crippen LogP contribution < -0.4 is 25.7 Å². The summed E-state index contributed by atoms with van der Waals surface area (Å²) in [6.45, 7) is 4.53. The quantitative estimate of drug-likeness (QED) is 0.554. The zero-order valence-corrected chi connectivity index (χ0v) is 19.8. The SMILES string of the molecule is CCOC(=O)C1=C(C)N=c2s/c(=C\C3CNNC3c3ccccc3)c(=O)n2C1c1ccccc1. The van der Waals surface area contributed by atoms with Gasteiger partial charge in [0, 0.05) is 12.5 Å². The molecule has 1 fully saturated rings. The molecule has 0 saturated carbocycles. The molecule has 5 rings (SSSR count). The highest BCUT2D eigenvalue weighted by Crippen LogP contribution is 2.31. The summed E-state index contributed by atoms with van der Waals surface area (Å²) in [5.74, 6) is -0.357.